The second kappa shape index (κ2) is 5.50. The lowest BCUT2D eigenvalue weighted by Gasteiger charge is -2.25. The fourth-order valence-electron chi connectivity index (χ4n) is 2.20. The van der Waals surface area contributed by atoms with Crippen LogP contribution in [-0.4, -0.2) is 41.2 Å². The van der Waals surface area contributed by atoms with Gasteiger partial charge in [0.1, 0.15) is 0 Å². The van der Waals surface area contributed by atoms with Gasteiger partial charge >= 0.3 is 0 Å². The number of aryl methyl sites for hydroxylation is 1. The fraction of sp³-hybridized carbons (Fsp3) is 0.429. The zero-order valence-electron chi connectivity index (χ0n) is 11.1. The van der Waals surface area contributed by atoms with Crippen molar-refractivity contribution in [2.75, 3.05) is 26.2 Å². The molecule has 5 nitrogen and oxygen atoms in total. The molecule has 0 amide bonds. The highest BCUT2D eigenvalue weighted by Gasteiger charge is 2.14. The van der Waals surface area contributed by atoms with Gasteiger partial charge in [-0.05, 0) is 6.92 Å². The highest BCUT2D eigenvalue weighted by atomic mass is 16.5. The topological polar surface area (TPSA) is 54.2 Å². The monoisotopic (exact) mass is 258 g/mol. The number of nitrogens with zero attached hydrogens (tertiary/aromatic N) is 3. The van der Waals surface area contributed by atoms with Crippen molar-refractivity contribution in [3.05, 3.63) is 35.7 Å². The molecule has 0 unspecified atom stereocenters. The van der Waals surface area contributed by atoms with Gasteiger partial charge in [0.2, 0.25) is 11.7 Å². The van der Waals surface area contributed by atoms with Gasteiger partial charge in [-0.25, -0.2) is 0 Å². The Bertz CT molecular complexity index is 529. The first-order valence-corrected chi connectivity index (χ1v) is 6.64. The van der Waals surface area contributed by atoms with E-state index in [1.165, 1.54) is 5.56 Å². The van der Waals surface area contributed by atoms with E-state index in [9.17, 15) is 0 Å². The van der Waals surface area contributed by atoms with Crippen molar-refractivity contribution in [2.24, 2.45) is 0 Å². The van der Waals surface area contributed by atoms with Crippen molar-refractivity contribution in [3.8, 4) is 11.4 Å². The number of piperazine rings is 1. The van der Waals surface area contributed by atoms with E-state index in [-0.39, 0.29) is 0 Å². The Kier molecular flexibility index (Phi) is 3.57. The van der Waals surface area contributed by atoms with E-state index in [2.05, 4.69) is 39.4 Å². The lowest BCUT2D eigenvalue weighted by atomic mass is 10.1. The van der Waals surface area contributed by atoms with Gasteiger partial charge in [0, 0.05) is 31.7 Å². The Morgan fingerprint density at radius 3 is 2.68 bits per heavy atom. The molecule has 2 heterocycles. The maximum absolute atomic E-state index is 5.33. The van der Waals surface area contributed by atoms with Crippen LogP contribution in [0.5, 0.6) is 0 Å². The molecule has 1 N–H and O–H groups in total. The Balaban J connectivity index is 1.70. The smallest absolute Gasteiger partial charge is 0.241 e. The summed E-state index contributed by atoms with van der Waals surface area (Å²) in [5, 5.41) is 7.38. The van der Waals surface area contributed by atoms with Crippen molar-refractivity contribution >= 4 is 0 Å². The molecule has 1 aromatic carbocycles. The van der Waals surface area contributed by atoms with Crippen LogP contribution in [0.15, 0.2) is 28.8 Å². The third-order valence-electron chi connectivity index (χ3n) is 3.35. The molecule has 100 valence electrons. The van der Waals surface area contributed by atoms with E-state index in [1.807, 2.05) is 12.1 Å². The largest absolute Gasteiger partial charge is 0.338 e. The fourth-order valence-corrected chi connectivity index (χ4v) is 2.20. The molecule has 0 saturated carbocycles. The number of rotatable bonds is 3. The Labute approximate surface area is 112 Å². The van der Waals surface area contributed by atoms with E-state index in [0.29, 0.717) is 11.7 Å². The molecule has 1 aliphatic rings. The van der Waals surface area contributed by atoms with Crippen LogP contribution < -0.4 is 5.32 Å². The highest BCUT2D eigenvalue weighted by molar-refractivity contribution is 5.54. The summed E-state index contributed by atoms with van der Waals surface area (Å²) in [6.07, 6.45) is 0. The first-order valence-electron chi connectivity index (χ1n) is 6.64. The predicted octanol–water partition coefficient (Wildman–Crippen LogP) is 1.45. The Morgan fingerprint density at radius 2 is 1.95 bits per heavy atom. The molecule has 0 spiro atoms. The van der Waals surface area contributed by atoms with Crippen molar-refractivity contribution in [2.45, 2.75) is 13.5 Å². The van der Waals surface area contributed by atoms with E-state index >= 15 is 0 Å². The summed E-state index contributed by atoms with van der Waals surface area (Å²) in [5.74, 6) is 1.36. The molecule has 2 aromatic rings. The number of benzene rings is 1. The van der Waals surface area contributed by atoms with Gasteiger partial charge in [-0.3, -0.25) is 4.90 Å². The number of aromatic nitrogens is 2. The standard InChI is InChI=1S/C14H18N4O/c1-11-2-4-12(5-3-11)14-16-13(19-17-14)10-18-8-6-15-7-9-18/h2-5,15H,6-10H2,1H3. The van der Waals surface area contributed by atoms with Gasteiger partial charge in [-0.2, -0.15) is 4.98 Å². The molecule has 0 bridgehead atoms. The maximum atomic E-state index is 5.33. The molecular formula is C14H18N4O. The van der Waals surface area contributed by atoms with Crippen molar-refractivity contribution in [3.63, 3.8) is 0 Å². The van der Waals surface area contributed by atoms with Crippen LogP contribution in [0, 0.1) is 6.92 Å². The molecule has 3 rings (SSSR count). The van der Waals surface area contributed by atoms with Crippen molar-refractivity contribution in [1.29, 1.82) is 0 Å². The van der Waals surface area contributed by atoms with Crippen LogP contribution in [0.4, 0.5) is 0 Å². The molecule has 1 fully saturated rings. The van der Waals surface area contributed by atoms with Gasteiger partial charge in [0.25, 0.3) is 0 Å². The molecule has 5 heteroatoms. The molecule has 0 atom stereocenters. The van der Waals surface area contributed by atoms with Gasteiger partial charge in [0.15, 0.2) is 0 Å². The summed E-state index contributed by atoms with van der Waals surface area (Å²) >= 11 is 0. The molecule has 1 saturated heterocycles. The van der Waals surface area contributed by atoms with E-state index in [0.717, 1.165) is 38.3 Å². The summed E-state index contributed by atoms with van der Waals surface area (Å²) in [7, 11) is 0. The Morgan fingerprint density at radius 1 is 1.21 bits per heavy atom. The SMILES string of the molecule is Cc1ccc(-c2noc(CN3CCNCC3)n2)cc1. The zero-order chi connectivity index (χ0) is 13.1. The first kappa shape index (κ1) is 12.3. The van der Waals surface area contributed by atoms with Gasteiger partial charge in [-0.15, -0.1) is 0 Å². The molecule has 1 aromatic heterocycles. The van der Waals surface area contributed by atoms with Gasteiger partial charge in [-0.1, -0.05) is 35.0 Å². The molecule has 0 radical (unpaired) electrons. The predicted molar refractivity (Wildman–Crippen MR) is 72.6 cm³/mol. The third-order valence-corrected chi connectivity index (χ3v) is 3.35. The van der Waals surface area contributed by atoms with Gasteiger partial charge in [0.05, 0.1) is 6.54 Å². The lowest BCUT2D eigenvalue weighted by molar-refractivity contribution is 0.203. The second-order valence-electron chi connectivity index (χ2n) is 4.90. The van der Waals surface area contributed by atoms with E-state index in [1.54, 1.807) is 0 Å². The van der Waals surface area contributed by atoms with Crippen LogP contribution in [0.3, 0.4) is 0 Å². The average Bonchev–Trinajstić information content (AvgIpc) is 2.89. The summed E-state index contributed by atoms with van der Waals surface area (Å²) in [6, 6.07) is 8.16. The minimum atomic E-state index is 0.671. The lowest BCUT2D eigenvalue weighted by Crippen LogP contribution is -2.42. The summed E-state index contributed by atoms with van der Waals surface area (Å²) in [6.45, 7) is 6.92. The summed E-state index contributed by atoms with van der Waals surface area (Å²) in [5.41, 5.74) is 2.23. The van der Waals surface area contributed by atoms with Crippen LogP contribution in [0.1, 0.15) is 11.5 Å². The number of hydrogen-bond acceptors (Lipinski definition) is 5. The Hall–Kier alpha value is -1.72. The second-order valence-corrected chi connectivity index (χ2v) is 4.90. The van der Waals surface area contributed by atoms with Crippen LogP contribution in [0.2, 0.25) is 0 Å². The zero-order valence-corrected chi connectivity index (χ0v) is 11.1. The van der Waals surface area contributed by atoms with Crippen molar-refractivity contribution in [1.82, 2.24) is 20.4 Å². The normalized spacial score (nSPS) is 16.7. The molecule has 0 aliphatic carbocycles. The molecular weight excluding hydrogens is 240 g/mol. The van der Waals surface area contributed by atoms with Crippen LogP contribution in [0.25, 0.3) is 11.4 Å². The highest BCUT2D eigenvalue weighted by Crippen LogP contribution is 2.16. The van der Waals surface area contributed by atoms with Crippen molar-refractivity contribution < 1.29 is 4.52 Å². The number of nitrogens with one attached hydrogen (secondary N) is 1. The first-order chi connectivity index (χ1) is 9.31. The van der Waals surface area contributed by atoms with Gasteiger partial charge < -0.3 is 9.84 Å². The summed E-state index contributed by atoms with van der Waals surface area (Å²) in [4.78, 5) is 6.79. The quantitative estimate of drug-likeness (QED) is 0.903. The molecule has 19 heavy (non-hydrogen) atoms. The average molecular weight is 258 g/mol. The van der Waals surface area contributed by atoms with Crippen LogP contribution >= 0.6 is 0 Å². The maximum Gasteiger partial charge on any atom is 0.241 e. The van der Waals surface area contributed by atoms with E-state index in [4.69, 9.17) is 4.52 Å². The third kappa shape index (κ3) is 3.00. The summed E-state index contributed by atoms with van der Waals surface area (Å²) < 4.78 is 5.33. The minimum absolute atomic E-state index is 0.671. The number of hydrogen-bond donors (Lipinski definition) is 1. The molecule has 1 aliphatic heterocycles. The van der Waals surface area contributed by atoms with E-state index < -0.39 is 0 Å². The minimum Gasteiger partial charge on any atom is -0.338 e. The van der Waals surface area contributed by atoms with Crippen LogP contribution in [-0.2, 0) is 6.54 Å².